The molecule has 5 amide bonds. The molecule has 2 aliphatic heterocycles. The molecule has 0 aromatic carbocycles. The van der Waals surface area contributed by atoms with Crippen molar-refractivity contribution in [3.8, 4) is 0 Å². The van der Waals surface area contributed by atoms with Crippen molar-refractivity contribution in [2.45, 2.75) is 71.1 Å². The molecule has 0 bridgehead atoms. The van der Waals surface area contributed by atoms with E-state index in [1.807, 2.05) is 5.32 Å². The number of amidine groups is 1. The van der Waals surface area contributed by atoms with Gasteiger partial charge in [0.1, 0.15) is 0 Å². The van der Waals surface area contributed by atoms with E-state index in [2.05, 4.69) is 16.9 Å². The average molecular weight is 334 g/mol. The van der Waals surface area contributed by atoms with E-state index in [4.69, 9.17) is 0 Å². The van der Waals surface area contributed by atoms with Crippen molar-refractivity contribution >= 4 is 29.5 Å². The van der Waals surface area contributed by atoms with Crippen LogP contribution in [0.1, 0.15) is 71.1 Å². The van der Waals surface area contributed by atoms with Crippen LogP contribution in [-0.4, -0.2) is 41.0 Å². The van der Waals surface area contributed by atoms with E-state index >= 15 is 0 Å². The highest BCUT2D eigenvalue weighted by Gasteiger charge is 2.38. The molecule has 0 saturated carbocycles. The van der Waals surface area contributed by atoms with Crippen LogP contribution in [0.15, 0.2) is 9.98 Å². The van der Waals surface area contributed by atoms with Gasteiger partial charge in [-0.1, -0.05) is 64.7 Å². The van der Waals surface area contributed by atoms with Crippen molar-refractivity contribution in [1.29, 1.82) is 0 Å². The summed E-state index contributed by atoms with van der Waals surface area (Å²) in [6.45, 7) is 2.67. The molecule has 2 heterocycles. The fourth-order valence-electron chi connectivity index (χ4n) is 2.93. The number of imide groups is 1. The van der Waals surface area contributed by atoms with Gasteiger partial charge in [-0.15, -0.1) is 0 Å². The Bertz CT molecular complexity index is 554. The van der Waals surface area contributed by atoms with Gasteiger partial charge in [0.25, 0.3) is 5.91 Å². The summed E-state index contributed by atoms with van der Waals surface area (Å²) >= 11 is 0. The predicted molar refractivity (Wildman–Crippen MR) is 92.4 cm³/mol. The van der Waals surface area contributed by atoms with Crippen LogP contribution in [0.5, 0.6) is 0 Å². The number of amides is 5. The molecule has 0 aromatic heterocycles. The zero-order valence-electron chi connectivity index (χ0n) is 14.3. The minimum atomic E-state index is -0.739. The number of nitrogens with zero attached hydrogens (tertiary/aromatic N) is 3. The molecule has 2 rings (SSSR count). The number of nitrogens with one attached hydrogen (secondary N) is 1. The Morgan fingerprint density at radius 2 is 1.42 bits per heavy atom. The van der Waals surface area contributed by atoms with Crippen LogP contribution in [0.3, 0.4) is 0 Å². The first-order valence-corrected chi connectivity index (χ1v) is 8.98. The van der Waals surface area contributed by atoms with Crippen LogP contribution in [0, 0.1) is 0 Å². The minimum absolute atomic E-state index is 0.0494. The molecule has 0 atom stereocenters. The third-order valence-electron chi connectivity index (χ3n) is 4.28. The molecule has 0 radical (unpaired) electrons. The van der Waals surface area contributed by atoms with Crippen LogP contribution in [0.2, 0.25) is 0 Å². The third kappa shape index (κ3) is 4.97. The topological polar surface area (TPSA) is 91.2 Å². The monoisotopic (exact) mass is 334 g/mol. The molecule has 7 heteroatoms. The highest BCUT2D eigenvalue weighted by atomic mass is 16.2. The van der Waals surface area contributed by atoms with Gasteiger partial charge in [0.15, 0.2) is 11.5 Å². The third-order valence-corrected chi connectivity index (χ3v) is 4.28. The molecule has 0 fully saturated rings. The van der Waals surface area contributed by atoms with Crippen molar-refractivity contribution < 1.29 is 14.4 Å². The largest absolute Gasteiger partial charge is 0.350 e. The van der Waals surface area contributed by atoms with Crippen LogP contribution in [0.25, 0.3) is 0 Å². The summed E-state index contributed by atoms with van der Waals surface area (Å²) in [6, 6.07) is -1.25. The van der Waals surface area contributed by atoms with Gasteiger partial charge in [0.2, 0.25) is 0 Å². The normalized spacial score (nSPS) is 16.9. The Balaban J connectivity index is 1.62. The van der Waals surface area contributed by atoms with E-state index in [0.717, 1.165) is 19.3 Å². The Hall–Kier alpha value is -2.05. The number of aliphatic imine (C=N–C) groups is 2. The van der Waals surface area contributed by atoms with Crippen LogP contribution >= 0.6 is 0 Å². The summed E-state index contributed by atoms with van der Waals surface area (Å²) in [4.78, 5) is 43.5. The summed E-state index contributed by atoms with van der Waals surface area (Å²) in [5, 5.41) is 2.03. The highest BCUT2D eigenvalue weighted by molar-refractivity contribution is 6.72. The molecule has 0 spiro atoms. The molecule has 24 heavy (non-hydrogen) atoms. The lowest BCUT2D eigenvalue weighted by molar-refractivity contribution is -0.113. The maximum Gasteiger partial charge on any atom is 0.350 e. The van der Waals surface area contributed by atoms with Crippen LogP contribution in [-0.2, 0) is 4.79 Å². The van der Waals surface area contributed by atoms with Gasteiger partial charge in [-0.05, 0) is 6.42 Å². The van der Waals surface area contributed by atoms with Crippen molar-refractivity contribution in [1.82, 2.24) is 10.2 Å². The summed E-state index contributed by atoms with van der Waals surface area (Å²) in [7, 11) is 0. The number of hydrogen-bond donors (Lipinski definition) is 1. The van der Waals surface area contributed by atoms with E-state index < -0.39 is 18.0 Å². The molecule has 7 nitrogen and oxygen atoms in total. The van der Waals surface area contributed by atoms with Gasteiger partial charge in [-0.25, -0.2) is 9.59 Å². The van der Waals surface area contributed by atoms with E-state index in [9.17, 15) is 14.4 Å². The second-order valence-corrected chi connectivity index (χ2v) is 6.27. The minimum Gasteiger partial charge on any atom is -0.274 e. The second-order valence-electron chi connectivity index (χ2n) is 6.27. The smallest absolute Gasteiger partial charge is 0.274 e. The van der Waals surface area contributed by atoms with E-state index in [1.54, 1.807) is 0 Å². The van der Waals surface area contributed by atoms with E-state index in [1.165, 1.54) is 49.8 Å². The fraction of sp³-hybridized carbons (Fsp3) is 0.706. The predicted octanol–water partition coefficient (Wildman–Crippen LogP) is 3.43. The SMILES string of the molecule is CCCCCCCCCCCCN1C(=O)N=C2C(=O)NC(=O)N=C21. The van der Waals surface area contributed by atoms with Gasteiger partial charge in [-0.2, -0.15) is 9.98 Å². The first-order chi connectivity index (χ1) is 11.6. The first-order valence-electron chi connectivity index (χ1n) is 8.98. The fourth-order valence-corrected chi connectivity index (χ4v) is 2.93. The lowest BCUT2D eigenvalue weighted by Gasteiger charge is -2.18. The Morgan fingerprint density at radius 1 is 0.833 bits per heavy atom. The van der Waals surface area contributed by atoms with Gasteiger partial charge >= 0.3 is 12.1 Å². The van der Waals surface area contributed by atoms with Crippen LogP contribution < -0.4 is 5.32 Å². The van der Waals surface area contributed by atoms with Gasteiger partial charge < -0.3 is 0 Å². The van der Waals surface area contributed by atoms with Crippen molar-refractivity contribution in [2.24, 2.45) is 9.98 Å². The molecule has 1 N–H and O–H groups in total. The molecular formula is C17H26N4O3. The van der Waals surface area contributed by atoms with Gasteiger partial charge in [0, 0.05) is 6.54 Å². The number of urea groups is 2. The molecule has 0 unspecified atom stereocenters. The molecule has 0 aromatic rings. The molecule has 0 aliphatic carbocycles. The van der Waals surface area contributed by atoms with Gasteiger partial charge in [0.05, 0.1) is 0 Å². The first kappa shape index (κ1) is 18.3. The van der Waals surface area contributed by atoms with Gasteiger partial charge in [-0.3, -0.25) is 15.0 Å². The number of hydrogen-bond acceptors (Lipinski definition) is 3. The number of unbranched alkanes of at least 4 members (excludes halogenated alkanes) is 9. The summed E-state index contributed by atoms with van der Waals surface area (Å²) in [6.07, 6.45) is 12.0. The molecule has 0 saturated heterocycles. The number of carbonyl (C=O) groups is 3. The Labute approximate surface area is 142 Å². The summed E-state index contributed by atoms with van der Waals surface area (Å²) < 4.78 is 0. The molecule has 132 valence electrons. The standard InChI is InChI=1S/C17H26N4O3/c1-2-3-4-5-6-7-8-9-10-11-12-21-14-13(18-17(21)24)15(22)20-16(23)19-14/h2-12H2,1H3,(H,20,22,23). The maximum absolute atomic E-state index is 11.9. The zero-order valence-corrected chi connectivity index (χ0v) is 14.3. The quantitative estimate of drug-likeness (QED) is 0.587. The maximum atomic E-state index is 11.9. The Morgan fingerprint density at radius 3 is 2.04 bits per heavy atom. The van der Waals surface area contributed by atoms with E-state index in [0.29, 0.717) is 6.54 Å². The lowest BCUT2D eigenvalue weighted by Crippen LogP contribution is -2.47. The lowest BCUT2D eigenvalue weighted by atomic mass is 10.1. The second kappa shape index (κ2) is 9.30. The average Bonchev–Trinajstić information content (AvgIpc) is 2.86. The summed E-state index contributed by atoms with van der Waals surface area (Å²) in [5.74, 6) is -0.548. The highest BCUT2D eigenvalue weighted by Crippen LogP contribution is 2.15. The zero-order chi connectivity index (χ0) is 17.4. The molecular weight excluding hydrogens is 308 g/mol. The van der Waals surface area contributed by atoms with Crippen molar-refractivity contribution in [3.05, 3.63) is 0 Å². The summed E-state index contributed by atoms with van der Waals surface area (Å²) in [5.41, 5.74) is -0.0494. The van der Waals surface area contributed by atoms with E-state index in [-0.39, 0.29) is 11.5 Å². The molecule has 2 aliphatic rings. The number of fused-ring (bicyclic) bond motifs is 1. The number of rotatable bonds is 11. The number of carbonyl (C=O) groups excluding carboxylic acids is 3. The van der Waals surface area contributed by atoms with Crippen LogP contribution in [0.4, 0.5) is 9.59 Å². The Kier molecular flexibility index (Phi) is 7.08. The van der Waals surface area contributed by atoms with Crippen molar-refractivity contribution in [3.63, 3.8) is 0 Å². The van der Waals surface area contributed by atoms with Crippen molar-refractivity contribution in [2.75, 3.05) is 6.54 Å².